The van der Waals surface area contributed by atoms with Crippen LogP contribution >= 0.6 is 23.2 Å². The molecule has 1 heterocycles. The maximum absolute atomic E-state index is 13.6. The molecule has 0 unspecified atom stereocenters. The molecule has 0 radical (unpaired) electrons. The van der Waals surface area contributed by atoms with Crippen LogP contribution in [-0.2, 0) is 6.54 Å². The summed E-state index contributed by atoms with van der Waals surface area (Å²) >= 11 is 12.1. The van der Waals surface area contributed by atoms with Crippen molar-refractivity contribution in [3.05, 3.63) is 87.9 Å². The molecule has 0 fully saturated rings. The second-order valence-corrected chi connectivity index (χ2v) is 6.22. The summed E-state index contributed by atoms with van der Waals surface area (Å²) in [5.74, 6) is -0.777. The molecule has 0 bridgehead atoms. The van der Waals surface area contributed by atoms with Gasteiger partial charge in [0.05, 0.1) is 15.7 Å². The molecule has 7 heteroatoms. The molecule has 4 nitrogen and oxygen atoms in total. The van der Waals surface area contributed by atoms with Gasteiger partial charge in [0.2, 0.25) is 0 Å². The van der Waals surface area contributed by atoms with E-state index >= 15 is 0 Å². The second kappa shape index (κ2) is 8.17. The molecular weight excluding hydrogens is 376 g/mol. The van der Waals surface area contributed by atoms with Crippen molar-refractivity contribution < 1.29 is 9.18 Å². The van der Waals surface area contributed by atoms with Crippen LogP contribution < -0.4 is 10.6 Å². The molecule has 0 aliphatic heterocycles. The van der Waals surface area contributed by atoms with E-state index in [1.54, 1.807) is 48.5 Å². The molecule has 132 valence electrons. The molecule has 0 atom stereocenters. The minimum absolute atomic E-state index is 0.0744. The molecule has 0 spiro atoms. The van der Waals surface area contributed by atoms with Crippen LogP contribution in [0, 0.1) is 5.82 Å². The van der Waals surface area contributed by atoms with Gasteiger partial charge in [0.1, 0.15) is 11.5 Å². The molecule has 0 saturated heterocycles. The highest BCUT2D eigenvalue weighted by atomic mass is 35.5. The lowest BCUT2D eigenvalue weighted by molar-refractivity contribution is 0.0945. The number of nitrogens with zero attached hydrogens (tertiary/aromatic N) is 1. The summed E-state index contributed by atoms with van der Waals surface area (Å²) in [7, 11) is 0. The molecule has 26 heavy (non-hydrogen) atoms. The zero-order valence-electron chi connectivity index (χ0n) is 13.5. The van der Waals surface area contributed by atoms with Gasteiger partial charge in [-0.2, -0.15) is 0 Å². The van der Waals surface area contributed by atoms with Crippen molar-refractivity contribution in [2.24, 2.45) is 0 Å². The molecule has 0 aliphatic carbocycles. The molecule has 2 N–H and O–H groups in total. The van der Waals surface area contributed by atoms with Gasteiger partial charge in [-0.1, -0.05) is 47.5 Å². The Hall–Kier alpha value is -2.63. The number of anilines is 2. The second-order valence-electron chi connectivity index (χ2n) is 5.43. The first-order valence-corrected chi connectivity index (χ1v) is 8.49. The SMILES string of the molecule is O=C(NCc1ccccc1F)c1cc(Nc2cccc(Cl)c2Cl)ccn1. The van der Waals surface area contributed by atoms with Crippen LogP contribution in [0.3, 0.4) is 0 Å². The standard InChI is InChI=1S/C19H14Cl2FN3O/c20-14-5-3-7-16(18(14)21)25-13-8-9-23-17(10-13)19(26)24-11-12-4-1-2-6-15(12)22/h1-10H,11H2,(H,23,25)(H,24,26). The van der Waals surface area contributed by atoms with Gasteiger partial charge in [-0.05, 0) is 30.3 Å². The van der Waals surface area contributed by atoms with Crippen molar-refractivity contribution in [3.8, 4) is 0 Å². The molecule has 0 saturated carbocycles. The molecular formula is C19H14Cl2FN3O. The van der Waals surface area contributed by atoms with Gasteiger partial charge < -0.3 is 10.6 Å². The molecule has 3 aromatic rings. The van der Waals surface area contributed by atoms with Crippen molar-refractivity contribution in [1.82, 2.24) is 10.3 Å². The van der Waals surface area contributed by atoms with Crippen LogP contribution in [0.1, 0.15) is 16.1 Å². The number of nitrogens with one attached hydrogen (secondary N) is 2. The Morgan fingerprint density at radius 2 is 1.88 bits per heavy atom. The predicted octanol–water partition coefficient (Wildman–Crippen LogP) is 5.20. The Balaban J connectivity index is 1.71. The van der Waals surface area contributed by atoms with Crippen LogP contribution in [0.4, 0.5) is 15.8 Å². The van der Waals surface area contributed by atoms with E-state index in [1.165, 1.54) is 12.3 Å². The largest absolute Gasteiger partial charge is 0.354 e. The average molecular weight is 390 g/mol. The van der Waals surface area contributed by atoms with E-state index in [0.717, 1.165) is 0 Å². The molecule has 0 aliphatic rings. The molecule has 3 rings (SSSR count). The van der Waals surface area contributed by atoms with Gasteiger partial charge in [-0.25, -0.2) is 4.39 Å². The van der Waals surface area contributed by atoms with Crippen molar-refractivity contribution in [3.63, 3.8) is 0 Å². The van der Waals surface area contributed by atoms with Gasteiger partial charge >= 0.3 is 0 Å². The lowest BCUT2D eigenvalue weighted by Crippen LogP contribution is -2.24. The van der Waals surface area contributed by atoms with E-state index < -0.39 is 5.91 Å². The number of pyridine rings is 1. The third-order valence-electron chi connectivity index (χ3n) is 3.62. The first-order chi connectivity index (χ1) is 12.5. The van der Waals surface area contributed by atoms with Gasteiger partial charge in [-0.3, -0.25) is 9.78 Å². The average Bonchev–Trinajstić information content (AvgIpc) is 2.65. The number of hydrogen-bond acceptors (Lipinski definition) is 3. The van der Waals surface area contributed by atoms with Crippen molar-refractivity contribution in [2.75, 3.05) is 5.32 Å². The van der Waals surface area contributed by atoms with Crippen molar-refractivity contribution in [1.29, 1.82) is 0 Å². The zero-order valence-corrected chi connectivity index (χ0v) is 15.0. The number of rotatable bonds is 5. The number of hydrogen-bond donors (Lipinski definition) is 2. The maximum atomic E-state index is 13.6. The summed E-state index contributed by atoms with van der Waals surface area (Å²) in [6.45, 7) is 0.0744. The summed E-state index contributed by atoms with van der Waals surface area (Å²) in [5, 5.41) is 6.56. The number of amides is 1. The lowest BCUT2D eigenvalue weighted by Gasteiger charge is -2.10. The van der Waals surface area contributed by atoms with E-state index in [0.29, 0.717) is 27.0 Å². The summed E-state index contributed by atoms with van der Waals surface area (Å²) in [6, 6.07) is 14.8. The quantitative estimate of drug-likeness (QED) is 0.630. The summed E-state index contributed by atoms with van der Waals surface area (Å²) < 4.78 is 13.6. The van der Waals surface area contributed by atoms with E-state index in [1.807, 2.05) is 0 Å². The maximum Gasteiger partial charge on any atom is 0.270 e. The number of carbonyl (C=O) groups excluding carboxylic acids is 1. The molecule has 1 aromatic heterocycles. The number of aromatic nitrogens is 1. The third kappa shape index (κ3) is 4.31. The monoisotopic (exact) mass is 389 g/mol. The number of benzene rings is 2. The van der Waals surface area contributed by atoms with Gasteiger partial charge in [0.25, 0.3) is 5.91 Å². The van der Waals surface area contributed by atoms with Gasteiger partial charge in [0, 0.05) is 24.0 Å². The van der Waals surface area contributed by atoms with Crippen molar-refractivity contribution in [2.45, 2.75) is 6.54 Å². The fourth-order valence-electron chi connectivity index (χ4n) is 2.30. The van der Waals surface area contributed by atoms with Crippen molar-refractivity contribution >= 4 is 40.5 Å². The normalized spacial score (nSPS) is 10.4. The minimum Gasteiger partial charge on any atom is -0.354 e. The number of halogens is 3. The van der Waals surface area contributed by atoms with E-state index in [9.17, 15) is 9.18 Å². The summed E-state index contributed by atoms with van der Waals surface area (Å²) in [5.41, 5.74) is 1.84. The number of carbonyl (C=O) groups is 1. The summed E-state index contributed by atoms with van der Waals surface area (Å²) in [4.78, 5) is 16.3. The van der Waals surface area contributed by atoms with Gasteiger partial charge in [0.15, 0.2) is 0 Å². The van der Waals surface area contributed by atoms with Crippen LogP contribution in [0.5, 0.6) is 0 Å². The third-order valence-corrected chi connectivity index (χ3v) is 4.44. The zero-order chi connectivity index (χ0) is 18.5. The highest BCUT2D eigenvalue weighted by Gasteiger charge is 2.10. The minimum atomic E-state index is -0.408. The van der Waals surface area contributed by atoms with Crippen LogP contribution in [0.2, 0.25) is 10.0 Å². The van der Waals surface area contributed by atoms with E-state index in [2.05, 4.69) is 15.6 Å². The first-order valence-electron chi connectivity index (χ1n) is 7.73. The molecule has 1 amide bonds. The van der Waals surface area contributed by atoms with Crippen LogP contribution in [0.15, 0.2) is 60.8 Å². The fraction of sp³-hybridized carbons (Fsp3) is 0.0526. The smallest absolute Gasteiger partial charge is 0.270 e. The Morgan fingerprint density at radius 1 is 1.08 bits per heavy atom. The Kier molecular flexibility index (Phi) is 5.71. The molecule has 2 aromatic carbocycles. The Labute approximate surface area is 160 Å². The van der Waals surface area contributed by atoms with Gasteiger partial charge in [-0.15, -0.1) is 0 Å². The highest BCUT2D eigenvalue weighted by Crippen LogP contribution is 2.31. The van der Waals surface area contributed by atoms with Crippen LogP contribution in [-0.4, -0.2) is 10.9 Å². The fourth-order valence-corrected chi connectivity index (χ4v) is 2.64. The topological polar surface area (TPSA) is 54.0 Å². The van der Waals surface area contributed by atoms with E-state index in [4.69, 9.17) is 23.2 Å². The van der Waals surface area contributed by atoms with E-state index in [-0.39, 0.29) is 18.1 Å². The Morgan fingerprint density at radius 3 is 2.69 bits per heavy atom. The predicted molar refractivity (Wildman–Crippen MR) is 102 cm³/mol. The highest BCUT2D eigenvalue weighted by molar-refractivity contribution is 6.43. The Bertz CT molecular complexity index is 950. The van der Waals surface area contributed by atoms with Crippen LogP contribution in [0.25, 0.3) is 0 Å². The summed E-state index contributed by atoms with van der Waals surface area (Å²) in [6.07, 6.45) is 1.50. The first kappa shape index (κ1) is 18.2. The lowest BCUT2D eigenvalue weighted by atomic mass is 10.2.